The molecule has 1 heterocycles. The fourth-order valence-corrected chi connectivity index (χ4v) is 2.11. The average molecular weight is 303 g/mol. The number of benzene rings is 1. The normalized spacial score (nSPS) is 9.89. The second-order valence-electron chi connectivity index (χ2n) is 3.17. The van der Waals surface area contributed by atoms with Crippen LogP contribution < -0.4 is 16.2 Å². The van der Waals surface area contributed by atoms with Crippen LogP contribution in [0, 0.1) is 0 Å². The lowest BCUT2D eigenvalue weighted by Gasteiger charge is -2.10. The summed E-state index contributed by atoms with van der Waals surface area (Å²) < 4.78 is 0. The van der Waals surface area contributed by atoms with Gasteiger partial charge >= 0.3 is 6.03 Å². The number of hydrogen-bond donors (Lipinski definition) is 3. The minimum atomic E-state index is -0.434. The van der Waals surface area contributed by atoms with Crippen LogP contribution >= 0.6 is 34.5 Å². The molecular weight excluding hydrogens is 295 g/mol. The van der Waals surface area contributed by atoms with E-state index in [0.717, 1.165) is 0 Å². The van der Waals surface area contributed by atoms with Crippen LogP contribution in [0.3, 0.4) is 0 Å². The minimum Gasteiger partial charge on any atom is -0.296 e. The number of carbonyl (C=O) groups is 1. The van der Waals surface area contributed by atoms with E-state index in [-0.39, 0.29) is 0 Å². The highest BCUT2D eigenvalue weighted by atomic mass is 35.5. The molecule has 0 unspecified atom stereocenters. The van der Waals surface area contributed by atoms with Crippen molar-refractivity contribution in [3.05, 3.63) is 39.8 Å². The van der Waals surface area contributed by atoms with Crippen molar-refractivity contribution >= 4 is 51.4 Å². The van der Waals surface area contributed by atoms with Crippen molar-refractivity contribution in [3.8, 4) is 0 Å². The van der Waals surface area contributed by atoms with E-state index in [1.54, 1.807) is 29.8 Å². The van der Waals surface area contributed by atoms with Crippen molar-refractivity contribution < 1.29 is 4.79 Å². The molecule has 94 valence electrons. The van der Waals surface area contributed by atoms with Gasteiger partial charge in [-0.15, -0.1) is 11.3 Å². The Morgan fingerprint density at radius 3 is 2.83 bits per heavy atom. The first-order valence-corrected chi connectivity index (χ1v) is 6.46. The second-order valence-corrected chi connectivity index (χ2v) is 4.90. The zero-order chi connectivity index (χ0) is 13.0. The maximum Gasteiger partial charge on any atom is 0.339 e. The van der Waals surface area contributed by atoms with Crippen LogP contribution in [0.5, 0.6) is 0 Å². The molecule has 3 N–H and O–H groups in total. The Balaban J connectivity index is 1.89. The average Bonchev–Trinajstić information content (AvgIpc) is 2.80. The smallest absolute Gasteiger partial charge is 0.296 e. The lowest BCUT2D eigenvalue weighted by atomic mass is 10.3. The molecule has 2 amide bonds. The van der Waals surface area contributed by atoms with Gasteiger partial charge in [0.05, 0.1) is 10.7 Å². The Morgan fingerprint density at radius 2 is 2.17 bits per heavy atom. The van der Waals surface area contributed by atoms with Crippen molar-refractivity contribution in [3.63, 3.8) is 0 Å². The summed E-state index contributed by atoms with van der Waals surface area (Å²) in [6, 6.07) is 4.46. The zero-order valence-corrected chi connectivity index (χ0v) is 11.2. The topological polar surface area (TPSA) is 66.1 Å². The Hall–Kier alpha value is -1.50. The molecule has 1 aromatic heterocycles. The standard InChI is InChI=1S/C10H8Cl2N4OS/c11-6-1-2-8(7(12)5-6)15-16-9(17)14-10-13-3-4-18-10/h1-5,15H,(H2,13,14,16,17). The van der Waals surface area contributed by atoms with E-state index in [9.17, 15) is 4.79 Å². The number of nitrogens with one attached hydrogen (secondary N) is 3. The van der Waals surface area contributed by atoms with Gasteiger partial charge in [-0.25, -0.2) is 9.78 Å². The maximum atomic E-state index is 11.5. The molecule has 0 aliphatic heterocycles. The van der Waals surface area contributed by atoms with Crippen LogP contribution in [-0.4, -0.2) is 11.0 Å². The molecule has 8 heteroatoms. The minimum absolute atomic E-state index is 0.414. The molecule has 2 rings (SSSR count). The number of thiazole rings is 1. The van der Waals surface area contributed by atoms with Crippen LogP contribution in [0.15, 0.2) is 29.8 Å². The molecule has 0 bridgehead atoms. The van der Waals surface area contributed by atoms with Gasteiger partial charge in [-0.3, -0.25) is 16.2 Å². The summed E-state index contributed by atoms with van der Waals surface area (Å²) in [7, 11) is 0. The van der Waals surface area contributed by atoms with E-state index in [4.69, 9.17) is 23.2 Å². The lowest BCUT2D eigenvalue weighted by molar-refractivity contribution is 0.254. The third kappa shape index (κ3) is 3.49. The van der Waals surface area contributed by atoms with Crippen molar-refractivity contribution in [2.45, 2.75) is 0 Å². The number of urea groups is 1. The van der Waals surface area contributed by atoms with E-state index >= 15 is 0 Å². The monoisotopic (exact) mass is 302 g/mol. The SMILES string of the molecule is O=C(NNc1ccc(Cl)cc1Cl)Nc1nccs1. The van der Waals surface area contributed by atoms with Crippen LogP contribution in [0.4, 0.5) is 15.6 Å². The van der Waals surface area contributed by atoms with Crippen LogP contribution in [0.1, 0.15) is 0 Å². The molecule has 0 saturated carbocycles. The Kier molecular flexibility index (Phi) is 4.24. The molecule has 0 aliphatic carbocycles. The first kappa shape index (κ1) is 12.9. The lowest BCUT2D eigenvalue weighted by Crippen LogP contribution is -2.33. The Bertz CT molecular complexity index is 547. The third-order valence-electron chi connectivity index (χ3n) is 1.89. The molecule has 18 heavy (non-hydrogen) atoms. The van der Waals surface area contributed by atoms with Gasteiger partial charge < -0.3 is 0 Å². The molecule has 2 aromatic rings. The number of nitrogens with zero attached hydrogens (tertiary/aromatic N) is 1. The van der Waals surface area contributed by atoms with Crippen molar-refractivity contribution in [2.24, 2.45) is 0 Å². The number of hydrazine groups is 1. The fourth-order valence-electron chi connectivity index (χ4n) is 1.13. The van der Waals surface area contributed by atoms with Gasteiger partial charge in [-0.1, -0.05) is 23.2 Å². The fraction of sp³-hybridized carbons (Fsp3) is 0. The maximum absolute atomic E-state index is 11.5. The van der Waals surface area contributed by atoms with E-state index in [2.05, 4.69) is 21.2 Å². The number of hydrogen-bond acceptors (Lipinski definition) is 4. The second kappa shape index (κ2) is 5.90. The summed E-state index contributed by atoms with van der Waals surface area (Å²) in [5.74, 6) is 0. The van der Waals surface area contributed by atoms with Crippen LogP contribution in [0.2, 0.25) is 10.0 Å². The molecule has 0 aliphatic rings. The molecule has 5 nitrogen and oxygen atoms in total. The van der Waals surface area contributed by atoms with Crippen molar-refractivity contribution in [1.29, 1.82) is 0 Å². The highest BCUT2D eigenvalue weighted by molar-refractivity contribution is 7.13. The molecule has 0 saturated heterocycles. The van der Waals surface area contributed by atoms with Gasteiger partial charge in [-0.2, -0.15) is 0 Å². The summed E-state index contributed by atoms with van der Waals surface area (Å²) in [5, 5.41) is 5.76. The predicted molar refractivity (Wildman–Crippen MR) is 74.4 cm³/mol. The van der Waals surface area contributed by atoms with Crippen LogP contribution in [0.25, 0.3) is 0 Å². The number of rotatable bonds is 3. The van der Waals surface area contributed by atoms with Gasteiger partial charge in [-0.05, 0) is 18.2 Å². The van der Waals surface area contributed by atoms with E-state index in [1.165, 1.54) is 11.3 Å². The predicted octanol–water partition coefficient (Wildman–Crippen LogP) is 3.60. The van der Waals surface area contributed by atoms with Crippen LogP contribution in [-0.2, 0) is 0 Å². The largest absolute Gasteiger partial charge is 0.339 e. The summed E-state index contributed by atoms with van der Waals surface area (Å²) in [4.78, 5) is 15.4. The molecule has 0 spiro atoms. The van der Waals surface area contributed by atoms with Gasteiger partial charge in [0.15, 0.2) is 5.13 Å². The van der Waals surface area contributed by atoms with E-state index in [1.807, 2.05) is 0 Å². The number of anilines is 2. The van der Waals surface area contributed by atoms with E-state index < -0.39 is 6.03 Å². The van der Waals surface area contributed by atoms with Gasteiger partial charge in [0.1, 0.15) is 0 Å². The first-order valence-electron chi connectivity index (χ1n) is 4.83. The Morgan fingerprint density at radius 1 is 1.33 bits per heavy atom. The number of halogens is 2. The molecule has 0 fully saturated rings. The number of aromatic nitrogens is 1. The highest BCUT2D eigenvalue weighted by Crippen LogP contribution is 2.24. The molecule has 1 aromatic carbocycles. The number of carbonyl (C=O) groups excluding carboxylic acids is 1. The number of amides is 2. The zero-order valence-electron chi connectivity index (χ0n) is 8.91. The summed E-state index contributed by atoms with van der Waals surface area (Å²) in [6.07, 6.45) is 1.60. The van der Waals surface area contributed by atoms with Gasteiger partial charge in [0, 0.05) is 16.6 Å². The molecular formula is C10H8Cl2N4OS. The van der Waals surface area contributed by atoms with E-state index in [0.29, 0.717) is 20.9 Å². The van der Waals surface area contributed by atoms with Crippen molar-refractivity contribution in [1.82, 2.24) is 10.4 Å². The summed E-state index contributed by atoms with van der Waals surface area (Å²) in [5.41, 5.74) is 5.66. The quantitative estimate of drug-likeness (QED) is 0.759. The van der Waals surface area contributed by atoms with Gasteiger partial charge in [0.2, 0.25) is 0 Å². The molecule has 0 radical (unpaired) electrons. The first-order chi connectivity index (χ1) is 8.65. The summed E-state index contributed by atoms with van der Waals surface area (Å²) in [6.45, 7) is 0. The van der Waals surface area contributed by atoms with Gasteiger partial charge in [0.25, 0.3) is 0 Å². The summed E-state index contributed by atoms with van der Waals surface area (Å²) >= 11 is 13.0. The van der Waals surface area contributed by atoms with Crippen molar-refractivity contribution in [2.75, 3.05) is 10.7 Å². The third-order valence-corrected chi connectivity index (χ3v) is 3.13. The Labute approximate surface area is 117 Å². The highest BCUT2D eigenvalue weighted by Gasteiger charge is 2.04. The molecule has 0 atom stereocenters.